The van der Waals surface area contributed by atoms with Crippen molar-refractivity contribution in [3.63, 3.8) is 0 Å². The van der Waals surface area contributed by atoms with Crippen molar-refractivity contribution in [2.24, 2.45) is 5.92 Å². The lowest BCUT2D eigenvalue weighted by Gasteiger charge is -2.55. The normalized spacial score (nSPS) is 25.6. The number of fused-ring (bicyclic) bond motifs is 1. The lowest BCUT2D eigenvalue weighted by molar-refractivity contribution is -0.171. The van der Waals surface area contributed by atoms with Gasteiger partial charge in [-0.25, -0.2) is 8.42 Å². The first-order chi connectivity index (χ1) is 19.5. The van der Waals surface area contributed by atoms with E-state index in [4.69, 9.17) is 34.8 Å². The number of hydrogen-bond donors (Lipinski definition) is 1. The maximum absolute atomic E-state index is 14.2. The summed E-state index contributed by atoms with van der Waals surface area (Å²) >= 11 is 18.5. The van der Waals surface area contributed by atoms with Gasteiger partial charge < -0.3 is 15.1 Å². The van der Waals surface area contributed by atoms with Crippen LogP contribution in [0.5, 0.6) is 0 Å². The fourth-order valence-electron chi connectivity index (χ4n) is 5.83. The Balaban J connectivity index is 1.43. The molecule has 0 aromatic heterocycles. The van der Waals surface area contributed by atoms with E-state index in [-0.39, 0.29) is 58.2 Å². The molecule has 4 fully saturated rings. The Kier molecular flexibility index (Phi) is 7.74. The van der Waals surface area contributed by atoms with Crippen LogP contribution in [0.4, 0.5) is 0 Å². The zero-order valence-corrected chi connectivity index (χ0v) is 25.1. The number of carbonyl (C=O) groups is 3. The molecule has 0 bridgehead atoms. The number of nitrogens with zero attached hydrogens (tertiary/aromatic N) is 3. The number of carbonyl (C=O) groups excluding carboxylic acids is 3. The van der Waals surface area contributed by atoms with Crippen molar-refractivity contribution >= 4 is 62.5 Å². The Morgan fingerprint density at radius 1 is 0.902 bits per heavy atom. The average Bonchev–Trinajstić information content (AvgIpc) is 3.73. The number of rotatable bonds is 7. The van der Waals surface area contributed by atoms with Crippen LogP contribution in [-0.2, 0) is 30.8 Å². The molecule has 3 unspecified atom stereocenters. The predicted octanol–water partition coefficient (Wildman–Crippen LogP) is 3.71. The van der Waals surface area contributed by atoms with Crippen LogP contribution in [0.2, 0.25) is 15.1 Å². The molecule has 2 saturated carbocycles. The summed E-state index contributed by atoms with van der Waals surface area (Å²) in [5.74, 6) is -1.20. The van der Waals surface area contributed by atoms with Gasteiger partial charge in [-0.3, -0.25) is 14.4 Å². The average molecular weight is 640 g/mol. The van der Waals surface area contributed by atoms with Gasteiger partial charge in [-0.2, -0.15) is 4.31 Å². The number of halogens is 3. The van der Waals surface area contributed by atoms with Crippen molar-refractivity contribution < 1.29 is 22.8 Å². The molecule has 2 aromatic carbocycles. The van der Waals surface area contributed by atoms with Crippen LogP contribution in [0.15, 0.2) is 47.4 Å². The Morgan fingerprint density at radius 3 is 2.20 bits per heavy atom. The van der Waals surface area contributed by atoms with Gasteiger partial charge in [0.25, 0.3) is 0 Å². The largest absolute Gasteiger partial charge is 0.343 e. The van der Waals surface area contributed by atoms with Crippen LogP contribution in [0.3, 0.4) is 0 Å². The lowest BCUT2D eigenvalue weighted by Crippen LogP contribution is -2.77. The Labute approximate surface area is 253 Å². The van der Waals surface area contributed by atoms with Gasteiger partial charge in [-0.15, -0.1) is 0 Å². The molecule has 41 heavy (non-hydrogen) atoms. The molecule has 2 aromatic rings. The monoisotopic (exact) mass is 638 g/mol. The van der Waals surface area contributed by atoms with Crippen molar-refractivity contribution in [2.75, 3.05) is 13.1 Å². The molecule has 2 heterocycles. The standard InChI is InChI=1S/C28H29Cl3N4O5S/c29-18-8-4-16(5-9-18)12-23-28(38)33(20-2-1-3-20)15-25-34(41(39,40)24-11-10-19(30)13-21(24)31)14-22(27(37)35(23)25)32-26(36)17-6-7-17/h4-5,8-11,13,17,20,22-23,25H,1-3,6-7,12,14-15H2,(H,32,36). The first-order valence-corrected chi connectivity index (χ1v) is 16.3. The summed E-state index contributed by atoms with van der Waals surface area (Å²) in [5.41, 5.74) is 0.772. The molecule has 13 heteroatoms. The van der Waals surface area contributed by atoms with Crippen LogP contribution < -0.4 is 5.32 Å². The number of hydrogen-bond acceptors (Lipinski definition) is 5. The number of amides is 3. The van der Waals surface area contributed by atoms with Gasteiger partial charge in [0, 0.05) is 35.0 Å². The van der Waals surface area contributed by atoms with Gasteiger partial charge in [0.2, 0.25) is 27.7 Å². The highest BCUT2D eigenvalue weighted by Crippen LogP contribution is 2.38. The number of nitrogens with one attached hydrogen (secondary N) is 1. The minimum absolute atomic E-state index is 0.0246. The molecule has 2 aliphatic heterocycles. The van der Waals surface area contributed by atoms with E-state index in [2.05, 4.69) is 5.32 Å². The van der Waals surface area contributed by atoms with E-state index >= 15 is 0 Å². The molecule has 2 aliphatic carbocycles. The van der Waals surface area contributed by atoms with Crippen molar-refractivity contribution in [2.45, 2.75) is 67.7 Å². The summed E-state index contributed by atoms with van der Waals surface area (Å²) in [5, 5.41) is 3.53. The zero-order valence-electron chi connectivity index (χ0n) is 22.0. The fraction of sp³-hybridized carbons (Fsp3) is 0.464. The molecule has 3 amide bonds. The molecular weight excluding hydrogens is 611 g/mol. The van der Waals surface area contributed by atoms with E-state index in [0.29, 0.717) is 5.02 Å². The fourth-order valence-corrected chi connectivity index (χ4v) is 8.29. The maximum Gasteiger partial charge on any atom is 0.248 e. The summed E-state index contributed by atoms with van der Waals surface area (Å²) in [7, 11) is -4.29. The smallest absolute Gasteiger partial charge is 0.248 e. The van der Waals surface area contributed by atoms with Gasteiger partial charge >= 0.3 is 0 Å². The highest BCUT2D eigenvalue weighted by molar-refractivity contribution is 7.89. The highest BCUT2D eigenvalue weighted by atomic mass is 35.5. The number of piperazine rings is 1. The van der Waals surface area contributed by atoms with Crippen molar-refractivity contribution in [1.29, 1.82) is 0 Å². The minimum Gasteiger partial charge on any atom is -0.343 e. The van der Waals surface area contributed by atoms with E-state index in [1.807, 2.05) is 0 Å². The molecule has 218 valence electrons. The van der Waals surface area contributed by atoms with Gasteiger partial charge in [0.1, 0.15) is 23.1 Å². The van der Waals surface area contributed by atoms with Gasteiger partial charge in [0.05, 0.1) is 11.6 Å². The predicted molar refractivity (Wildman–Crippen MR) is 154 cm³/mol. The Hall–Kier alpha value is -2.37. The highest BCUT2D eigenvalue weighted by Gasteiger charge is 2.55. The topological polar surface area (TPSA) is 107 Å². The van der Waals surface area contributed by atoms with Crippen LogP contribution in [-0.4, -0.2) is 77.6 Å². The summed E-state index contributed by atoms with van der Waals surface area (Å²) < 4.78 is 29.7. The molecular formula is C28H29Cl3N4O5S. The Morgan fingerprint density at radius 2 is 1.59 bits per heavy atom. The van der Waals surface area contributed by atoms with Crippen LogP contribution in [0.25, 0.3) is 0 Å². The zero-order chi connectivity index (χ0) is 29.1. The van der Waals surface area contributed by atoms with Crippen molar-refractivity contribution in [1.82, 2.24) is 19.4 Å². The van der Waals surface area contributed by atoms with Crippen LogP contribution in [0.1, 0.15) is 37.7 Å². The first-order valence-electron chi connectivity index (χ1n) is 13.7. The quantitative estimate of drug-likeness (QED) is 0.497. The van der Waals surface area contributed by atoms with Gasteiger partial charge in [-0.1, -0.05) is 46.9 Å². The maximum atomic E-state index is 14.2. The molecule has 0 spiro atoms. The number of benzene rings is 2. The van der Waals surface area contributed by atoms with E-state index in [1.54, 1.807) is 29.2 Å². The van der Waals surface area contributed by atoms with E-state index in [9.17, 15) is 22.8 Å². The van der Waals surface area contributed by atoms with E-state index in [0.717, 1.165) is 37.7 Å². The molecule has 0 radical (unpaired) electrons. The summed E-state index contributed by atoms with van der Waals surface area (Å²) in [4.78, 5) is 43.8. The van der Waals surface area contributed by atoms with E-state index in [1.165, 1.54) is 27.4 Å². The van der Waals surface area contributed by atoms with Crippen molar-refractivity contribution in [3.05, 3.63) is 63.1 Å². The van der Waals surface area contributed by atoms with Gasteiger partial charge in [0.15, 0.2) is 0 Å². The molecule has 4 aliphatic rings. The summed E-state index contributed by atoms with van der Waals surface area (Å²) in [6.07, 6.45) is 3.22. The third kappa shape index (κ3) is 5.45. The molecule has 3 atom stereocenters. The SMILES string of the molecule is O=C(NC1CN(S(=O)(=O)c2ccc(Cl)cc2Cl)C2CN(C3CCC3)C(=O)C(Cc3ccc(Cl)cc3)N2C1=O)C1CC1. The second kappa shape index (κ2) is 11.0. The lowest BCUT2D eigenvalue weighted by atomic mass is 9.88. The molecule has 2 saturated heterocycles. The second-order valence-corrected chi connectivity index (χ2v) is 14.3. The second-order valence-electron chi connectivity index (χ2n) is 11.1. The van der Waals surface area contributed by atoms with Crippen molar-refractivity contribution in [3.8, 4) is 0 Å². The number of sulfonamides is 1. The molecule has 6 rings (SSSR count). The molecule has 9 nitrogen and oxygen atoms in total. The third-order valence-electron chi connectivity index (χ3n) is 8.44. The Bertz CT molecular complexity index is 1500. The van der Waals surface area contributed by atoms with Crippen LogP contribution in [0, 0.1) is 5.92 Å². The van der Waals surface area contributed by atoms with Crippen LogP contribution >= 0.6 is 34.8 Å². The molecule has 1 N–H and O–H groups in total. The summed E-state index contributed by atoms with van der Waals surface area (Å²) in [6, 6.07) is 8.97. The first kappa shape index (κ1) is 28.7. The minimum atomic E-state index is -4.29. The third-order valence-corrected chi connectivity index (χ3v) is 11.3. The van der Waals surface area contributed by atoms with Gasteiger partial charge in [-0.05, 0) is 68.0 Å². The van der Waals surface area contributed by atoms with E-state index < -0.39 is 34.2 Å². The summed E-state index contributed by atoms with van der Waals surface area (Å²) in [6.45, 7) is -0.250.